The lowest BCUT2D eigenvalue weighted by Crippen LogP contribution is -2.27. The molecule has 1 aliphatic rings. The van der Waals surface area contributed by atoms with E-state index in [0.29, 0.717) is 36.8 Å². The number of aromatic amines is 1. The largest absolute Gasteiger partial charge is 0.462 e. The molecule has 0 unspecified atom stereocenters. The van der Waals surface area contributed by atoms with E-state index >= 15 is 0 Å². The van der Waals surface area contributed by atoms with Gasteiger partial charge in [0, 0.05) is 6.42 Å². The van der Waals surface area contributed by atoms with Crippen molar-refractivity contribution in [2.24, 2.45) is 0 Å². The van der Waals surface area contributed by atoms with Crippen LogP contribution in [-0.2, 0) is 9.47 Å². The number of aromatic nitrogens is 2. The van der Waals surface area contributed by atoms with Crippen LogP contribution < -0.4 is 21.5 Å². The maximum Gasteiger partial charge on any atom is 0.338 e. The van der Waals surface area contributed by atoms with E-state index in [1.165, 1.54) is 0 Å². The van der Waals surface area contributed by atoms with Gasteiger partial charge in [-0.15, -0.1) is 0 Å². The highest BCUT2D eigenvalue weighted by molar-refractivity contribution is 5.89. The topological polar surface area (TPSA) is 123 Å². The van der Waals surface area contributed by atoms with Crippen molar-refractivity contribution in [1.82, 2.24) is 9.97 Å². The molecule has 0 fully saturated rings. The Balaban J connectivity index is 1.38. The average Bonchev–Trinajstić information content (AvgIpc) is 3.01. The molecule has 1 aromatic heterocycles. The number of carbonyl (C=O) groups excluding carboxylic acids is 1. The first-order chi connectivity index (χ1) is 12.1. The van der Waals surface area contributed by atoms with Gasteiger partial charge in [0.1, 0.15) is 12.4 Å². The molecule has 0 bridgehead atoms. The van der Waals surface area contributed by atoms with Gasteiger partial charge >= 0.3 is 5.97 Å². The van der Waals surface area contributed by atoms with Crippen molar-refractivity contribution in [3.8, 4) is 0 Å². The van der Waals surface area contributed by atoms with Gasteiger partial charge in [0.2, 0.25) is 5.95 Å². The summed E-state index contributed by atoms with van der Waals surface area (Å²) >= 11 is 0. The van der Waals surface area contributed by atoms with Crippen LogP contribution in [0.5, 0.6) is 0 Å². The molecule has 3 rings (SSSR count). The Morgan fingerprint density at radius 1 is 1.28 bits per heavy atom. The van der Waals surface area contributed by atoms with Crippen LogP contribution in [0.15, 0.2) is 35.1 Å². The minimum atomic E-state index is -0.350. The fourth-order valence-electron chi connectivity index (χ4n) is 2.38. The fourth-order valence-corrected chi connectivity index (χ4v) is 2.38. The van der Waals surface area contributed by atoms with Crippen molar-refractivity contribution in [2.45, 2.75) is 6.42 Å². The summed E-state index contributed by atoms with van der Waals surface area (Å²) in [6.07, 6.45) is 0.567. The van der Waals surface area contributed by atoms with Crippen molar-refractivity contribution < 1.29 is 14.3 Å². The summed E-state index contributed by atoms with van der Waals surface area (Å²) in [4.78, 5) is 31.8. The monoisotopic (exact) mass is 345 g/mol. The number of ether oxygens (including phenoxy) is 2. The van der Waals surface area contributed by atoms with Crippen molar-refractivity contribution in [1.29, 1.82) is 0 Å². The molecule has 2 aromatic rings. The third kappa shape index (κ3) is 4.07. The van der Waals surface area contributed by atoms with Crippen LogP contribution in [0.4, 0.5) is 17.5 Å². The summed E-state index contributed by atoms with van der Waals surface area (Å²) in [7, 11) is 0. The first kappa shape index (κ1) is 16.8. The Morgan fingerprint density at radius 3 is 2.88 bits per heavy atom. The summed E-state index contributed by atoms with van der Waals surface area (Å²) in [5, 5.41) is 2.95. The first-order valence-electron chi connectivity index (χ1n) is 7.83. The van der Waals surface area contributed by atoms with Crippen LogP contribution in [0, 0.1) is 0 Å². The molecule has 4 N–H and O–H groups in total. The molecule has 9 heteroatoms. The van der Waals surface area contributed by atoms with Crippen LogP contribution in [0.3, 0.4) is 0 Å². The molecule has 1 aromatic carbocycles. The van der Waals surface area contributed by atoms with Crippen LogP contribution in [-0.4, -0.2) is 42.6 Å². The molecule has 1 aliphatic heterocycles. The summed E-state index contributed by atoms with van der Waals surface area (Å²) in [5.41, 5.74) is 6.16. The summed E-state index contributed by atoms with van der Waals surface area (Å²) in [6.45, 7) is 1.35. The average molecular weight is 345 g/mol. The Hall–Kier alpha value is -3.07. The summed E-state index contributed by atoms with van der Waals surface area (Å²) in [5.74, 6) is 0.180. The maximum atomic E-state index is 11.8. The van der Waals surface area contributed by atoms with Crippen molar-refractivity contribution in [3.63, 3.8) is 0 Å². The second-order valence-corrected chi connectivity index (χ2v) is 5.42. The van der Waals surface area contributed by atoms with Crippen LogP contribution in [0.2, 0.25) is 0 Å². The number of nitrogens with one attached hydrogen (secondary N) is 2. The molecule has 9 nitrogen and oxygen atoms in total. The number of nitrogens with two attached hydrogens (primary N) is 1. The van der Waals surface area contributed by atoms with Gasteiger partial charge in [0.05, 0.1) is 25.4 Å². The Bertz CT molecular complexity index is 793. The van der Waals surface area contributed by atoms with Gasteiger partial charge in [0.15, 0.2) is 5.82 Å². The molecule has 25 heavy (non-hydrogen) atoms. The van der Waals surface area contributed by atoms with E-state index in [9.17, 15) is 9.59 Å². The third-order valence-electron chi connectivity index (χ3n) is 3.59. The molecule has 0 amide bonds. The highest BCUT2D eigenvalue weighted by atomic mass is 16.5. The number of nitrogens with zero attached hydrogens (tertiary/aromatic N) is 2. The minimum Gasteiger partial charge on any atom is -0.462 e. The lowest BCUT2D eigenvalue weighted by Gasteiger charge is -2.16. The van der Waals surface area contributed by atoms with Gasteiger partial charge in [-0.3, -0.25) is 9.78 Å². The number of fused-ring (bicyclic) bond motifs is 1. The lowest BCUT2D eigenvalue weighted by molar-refractivity contribution is 0.0446. The van der Waals surface area contributed by atoms with E-state index in [2.05, 4.69) is 15.3 Å². The van der Waals surface area contributed by atoms with Gasteiger partial charge in [-0.1, -0.05) is 18.2 Å². The number of hydrogen-bond donors (Lipinski definition) is 3. The second kappa shape index (κ2) is 7.67. The molecule has 0 saturated heterocycles. The standard InChI is InChI=1S/C16H19N5O4/c17-16-19-13-12(14(22)20-16)18-9-21(13)10-24-7-4-8-25-15(23)11-5-2-1-3-6-11/h1-3,5-6,18H,4,7-10H2,(H3,17,19,20,22). The molecule has 0 atom stereocenters. The predicted molar refractivity (Wildman–Crippen MR) is 92.4 cm³/mol. The van der Waals surface area contributed by atoms with Crippen LogP contribution in [0.25, 0.3) is 0 Å². The normalized spacial score (nSPS) is 12.6. The van der Waals surface area contributed by atoms with Gasteiger partial charge in [0.25, 0.3) is 5.56 Å². The highest BCUT2D eigenvalue weighted by Crippen LogP contribution is 2.24. The van der Waals surface area contributed by atoms with Crippen molar-refractivity contribution >= 4 is 23.4 Å². The van der Waals surface area contributed by atoms with E-state index in [0.717, 1.165) is 0 Å². The molecule has 2 heterocycles. The fraction of sp³-hybridized carbons (Fsp3) is 0.312. The predicted octanol–water partition coefficient (Wildman–Crippen LogP) is 0.763. The number of hydrogen-bond acceptors (Lipinski definition) is 8. The van der Waals surface area contributed by atoms with Gasteiger partial charge in [-0.25, -0.2) is 4.79 Å². The van der Waals surface area contributed by atoms with E-state index in [4.69, 9.17) is 15.2 Å². The van der Waals surface area contributed by atoms with Crippen LogP contribution >= 0.6 is 0 Å². The Labute approximate surface area is 143 Å². The van der Waals surface area contributed by atoms with E-state index in [1.807, 2.05) is 6.07 Å². The minimum absolute atomic E-state index is 0.0604. The summed E-state index contributed by atoms with van der Waals surface area (Å²) < 4.78 is 10.7. The number of H-pyrrole nitrogens is 1. The summed E-state index contributed by atoms with van der Waals surface area (Å²) in [6, 6.07) is 8.82. The molecule has 132 valence electrons. The first-order valence-corrected chi connectivity index (χ1v) is 7.83. The second-order valence-electron chi connectivity index (χ2n) is 5.42. The van der Waals surface area contributed by atoms with E-state index in [1.54, 1.807) is 29.2 Å². The number of anilines is 3. The Kier molecular flexibility index (Phi) is 5.14. The number of esters is 1. The highest BCUT2D eigenvalue weighted by Gasteiger charge is 2.23. The zero-order valence-corrected chi connectivity index (χ0v) is 13.5. The molecule has 0 radical (unpaired) electrons. The van der Waals surface area contributed by atoms with Crippen molar-refractivity contribution in [3.05, 3.63) is 46.2 Å². The molecule has 0 spiro atoms. The zero-order valence-electron chi connectivity index (χ0n) is 13.5. The maximum absolute atomic E-state index is 11.8. The number of benzene rings is 1. The van der Waals surface area contributed by atoms with Gasteiger partial charge in [-0.2, -0.15) is 4.98 Å². The quantitative estimate of drug-likeness (QED) is 0.496. The Morgan fingerprint density at radius 2 is 2.08 bits per heavy atom. The molecular formula is C16H19N5O4. The lowest BCUT2D eigenvalue weighted by atomic mass is 10.2. The molecule has 0 saturated carbocycles. The van der Waals surface area contributed by atoms with Gasteiger partial charge in [-0.05, 0) is 12.1 Å². The smallest absolute Gasteiger partial charge is 0.338 e. The SMILES string of the molecule is Nc1nc2c(c(=O)[nH]1)NCN2COCCCOC(=O)c1ccccc1. The van der Waals surface area contributed by atoms with E-state index in [-0.39, 0.29) is 30.8 Å². The van der Waals surface area contributed by atoms with Gasteiger partial charge < -0.3 is 25.4 Å². The number of nitrogen functional groups attached to an aromatic ring is 1. The number of carbonyl (C=O) groups is 1. The third-order valence-corrected chi connectivity index (χ3v) is 3.59. The zero-order chi connectivity index (χ0) is 17.6. The van der Waals surface area contributed by atoms with Crippen molar-refractivity contribution in [2.75, 3.05) is 42.6 Å². The van der Waals surface area contributed by atoms with Crippen LogP contribution in [0.1, 0.15) is 16.8 Å². The molecular weight excluding hydrogens is 326 g/mol. The number of rotatable bonds is 7. The van der Waals surface area contributed by atoms with E-state index < -0.39 is 0 Å². The molecule has 0 aliphatic carbocycles.